The number of carbonyl (C=O) groups is 1. The monoisotopic (exact) mass is 532 g/mol. The number of rotatable bonds is 10. The largest absolute Gasteiger partial charge is 0.493 e. The summed E-state index contributed by atoms with van der Waals surface area (Å²) in [6.07, 6.45) is 4.02. The van der Waals surface area contributed by atoms with Gasteiger partial charge in [-0.3, -0.25) is 9.69 Å². The molecule has 38 heavy (non-hydrogen) atoms. The van der Waals surface area contributed by atoms with E-state index in [0.29, 0.717) is 24.2 Å². The van der Waals surface area contributed by atoms with Crippen LogP contribution in [0.5, 0.6) is 5.88 Å². The molecule has 1 aromatic heterocycles. The summed E-state index contributed by atoms with van der Waals surface area (Å²) in [6, 6.07) is 4.42. The average molecular weight is 533 g/mol. The lowest BCUT2D eigenvalue weighted by Gasteiger charge is -2.39. The molecule has 1 amide bonds. The molecule has 2 aromatic rings. The number of halogens is 3. The first-order chi connectivity index (χ1) is 18.1. The standard InChI is InChI=1S/C27H35F3N6O2/c1-17-21(10-9-19(13-31)25(17)30)23-14-33-36(27(23)38)12-6-8-22(18(2)32-3)26(37)35-11-5-7-20(15-35)34(4)16-24(28)29/h6,8-10,14,18,20,22,24,32,38H,5,7,11-12,15-16H2,1-4H3/b8-6-/t18?,20-,22?/m1/s1. The Morgan fingerprint density at radius 1 is 1.39 bits per heavy atom. The lowest BCUT2D eigenvalue weighted by atomic mass is 9.96. The van der Waals surface area contributed by atoms with E-state index in [0.717, 1.165) is 12.8 Å². The van der Waals surface area contributed by atoms with Crippen LogP contribution in [-0.4, -0.2) is 82.8 Å². The smallest absolute Gasteiger partial charge is 0.251 e. The van der Waals surface area contributed by atoms with E-state index in [-0.39, 0.29) is 48.1 Å². The van der Waals surface area contributed by atoms with Gasteiger partial charge in [-0.05, 0) is 58.0 Å². The normalized spacial score (nSPS) is 17.8. The maximum absolute atomic E-state index is 14.4. The number of aromatic nitrogens is 2. The number of likely N-dealkylation sites (N-methyl/N-ethyl adjacent to an activating group) is 1. The summed E-state index contributed by atoms with van der Waals surface area (Å²) >= 11 is 0. The third-order valence-corrected chi connectivity index (χ3v) is 7.27. The number of piperidine rings is 1. The number of amides is 1. The highest BCUT2D eigenvalue weighted by Gasteiger charge is 2.32. The third-order valence-electron chi connectivity index (χ3n) is 7.27. The Morgan fingerprint density at radius 2 is 2.13 bits per heavy atom. The number of benzene rings is 1. The van der Waals surface area contributed by atoms with Crippen molar-refractivity contribution < 1.29 is 23.1 Å². The van der Waals surface area contributed by atoms with Crippen molar-refractivity contribution in [3.8, 4) is 23.1 Å². The highest BCUT2D eigenvalue weighted by Crippen LogP contribution is 2.33. The van der Waals surface area contributed by atoms with Gasteiger partial charge in [-0.1, -0.05) is 18.2 Å². The van der Waals surface area contributed by atoms with Gasteiger partial charge in [0.2, 0.25) is 11.8 Å². The fraction of sp³-hybridized carbons (Fsp3) is 0.519. The zero-order valence-corrected chi connectivity index (χ0v) is 22.2. The molecule has 3 rings (SSSR count). The van der Waals surface area contributed by atoms with Gasteiger partial charge < -0.3 is 15.3 Å². The van der Waals surface area contributed by atoms with E-state index >= 15 is 0 Å². The summed E-state index contributed by atoms with van der Waals surface area (Å²) in [5, 5.41) is 27.1. The molecule has 1 aliphatic heterocycles. The minimum absolute atomic E-state index is 0.0730. The van der Waals surface area contributed by atoms with Crippen LogP contribution >= 0.6 is 0 Å². The van der Waals surface area contributed by atoms with Crippen LogP contribution in [0.4, 0.5) is 13.2 Å². The van der Waals surface area contributed by atoms with Crippen molar-refractivity contribution in [2.75, 3.05) is 33.7 Å². The number of alkyl halides is 2. The molecular weight excluding hydrogens is 497 g/mol. The van der Waals surface area contributed by atoms with Crippen LogP contribution in [0.3, 0.4) is 0 Å². The molecule has 0 aliphatic carbocycles. The van der Waals surface area contributed by atoms with Gasteiger partial charge in [0.25, 0.3) is 6.43 Å². The van der Waals surface area contributed by atoms with E-state index in [9.17, 15) is 23.1 Å². The number of nitrogens with one attached hydrogen (secondary N) is 1. The lowest BCUT2D eigenvalue weighted by Crippen LogP contribution is -2.52. The van der Waals surface area contributed by atoms with Gasteiger partial charge in [0.1, 0.15) is 11.9 Å². The van der Waals surface area contributed by atoms with Gasteiger partial charge in [0.05, 0.1) is 36.3 Å². The van der Waals surface area contributed by atoms with E-state index in [1.807, 2.05) is 6.92 Å². The fourth-order valence-electron chi connectivity index (χ4n) is 4.81. The summed E-state index contributed by atoms with van der Waals surface area (Å²) in [5.74, 6) is -1.40. The highest BCUT2D eigenvalue weighted by molar-refractivity contribution is 5.81. The number of nitriles is 1. The molecule has 1 aromatic carbocycles. The second-order valence-corrected chi connectivity index (χ2v) is 9.72. The Labute approximate surface area is 221 Å². The fourth-order valence-corrected chi connectivity index (χ4v) is 4.81. The van der Waals surface area contributed by atoms with E-state index in [4.69, 9.17) is 5.26 Å². The van der Waals surface area contributed by atoms with Crippen LogP contribution in [0.15, 0.2) is 30.5 Å². The first-order valence-electron chi connectivity index (χ1n) is 12.6. The second kappa shape index (κ2) is 12.9. The van der Waals surface area contributed by atoms with Crippen LogP contribution in [0.1, 0.15) is 30.9 Å². The van der Waals surface area contributed by atoms with Crippen molar-refractivity contribution in [2.24, 2.45) is 5.92 Å². The quantitative estimate of drug-likeness (QED) is 0.455. The Kier molecular flexibility index (Phi) is 9.94. The molecule has 206 valence electrons. The van der Waals surface area contributed by atoms with Crippen molar-refractivity contribution in [3.63, 3.8) is 0 Å². The van der Waals surface area contributed by atoms with Crippen LogP contribution in [0.25, 0.3) is 11.1 Å². The molecule has 1 aliphatic rings. The van der Waals surface area contributed by atoms with Crippen molar-refractivity contribution in [2.45, 2.75) is 51.7 Å². The van der Waals surface area contributed by atoms with Crippen LogP contribution in [0.2, 0.25) is 0 Å². The van der Waals surface area contributed by atoms with Gasteiger partial charge in [-0.2, -0.15) is 10.4 Å². The molecule has 0 spiro atoms. The van der Waals surface area contributed by atoms with E-state index in [1.54, 1.807) is 48.2 Å². The Morgan fingerprint density at radius 3 is 2.79 bits per heavy atom. The predicted octanol–water partition coefficient (Wildman–Crippen LogP) is 3.54. The van der Waals surface area contributed by atoms with Gasteiger partial charge in [-0.25, -0.2) is 17.9 Å². The molecule has 1 saturated heterocycles. The van der Waals surface area contributed by atoms with Crippen molar-refractivity contribution in [3.05, 3.63) is 47.4 Å². The number of carbonyl (C=O) groups excluding carboxylic acids is 1. The molecule has 2 N–H and O–H groups in total. The van der Waals surface area contributed by atoms with Gasteiger partial charge in [-0.15, -0.1) is 0 Å². The average Bonchev–Trinajstić information content (AvgIpc) is 3.26. The minimum atomic E-state index is -2.43. The second-order valence-electron chi connectivity index (χ2n) is 9.72. The maximum atomic E-state index is 14.4. The van der Waals surface area contributed by atoms with E-state index in [1.165, 1.54) is 23.9 Å². The molecule has 1 fully saturated rings. The Hall–Kier alpha value is -3.36. The molecule has 0 saturated carbocycles. The van der Waals surface area contributed by atoms with Gasteiger partial charge >= 0.3 is 0 Å². The Balaban J connectivity index is 1.74. The van der Waals surface area contributed by atoms with Gasteiger partial charge in [0.15, 0.2) is 0 Å². The summed E-state index contributed by atoms with van der Waals surface area (Å²) in [5.41, 5.74) is 0.934. The molecule has 8 nitrogen and oxygen atoms in total. The van der Waals surface area contributed by atoms with Crippen LogP contribution in [-0.2, 0) is 11.3 Å². The summed E-state index contributed by atoms with van der Waals surface area (Å²) in [7, 11) is 3.43. The van der Waals surface area contributed by atoms with E-state index in [2.05, 4.69) is 10.4 Å². The molecule has 11 heteroatoms. The van der Waals surface area contributed by atoms with Crippen LogP contribution in [0, 0.1) is 30.0 Å². The maximum Gasteiger partial charge on any atom is 0.251 e. The third kappa shape index (κ3) is 6.55. The molecule has 3 atom stereocenters. The number of hydrogen-bond acceptors (Lipinski definition) is 6. The number of likely N-dealkylation sites (tertiary alicyclic amines) is 1. The molecular formula is C27H35F3N6O2. The molecule has 0 bridgehead atoms. The zero-order chi connectivity index (χ0) is 28.0. The number of allylic oxidation sites excluding steroid dienone is 1. The van der Waals surface area contributed by atoms with Crippen molar-refractivity contribution in [1.82, 2.24) is 24.9 Å². The Bertz CT molecular complexity index is 1190. The molecule has 2 unspecified atom stereocenters. The zero-order valence-electron chi connectivity index (χ0n) is 22.2. The van der Waals surface area contributed by atoms with Gasteiger partial charge in [0, 0.05) is 25.2 Å². The molecule has 0 radical (unpaired) electrons. The minimum Gasteiger partial charge on any atom is -0.493 e. The number of aromatic hydroxyl groups is 1. The van der Waals surface area contributed by atoms with Crippen molar-refractivity contribution >= 4 is 5.91 Å². The summed E-state index contributed by atoms with van der Waals surface area (Å²) < 4.78 is 41.5. The highest BCUT2D eigenvalue weighted by atomic mass is 19.3. The first-order valence-corrected chi connectivity index (χ1v) is 12.6. The van der Waals surface area contributed by atoms with Crippen molar-refractivity contribution in [1.29, 1.82) is 5.26 Å². The summed E-state index contributed by atoms with van der Waals surface area (Å²) in [6.45, 7) is 4.24. The predicted molar refractivity (Wildman–Crippen MR) is 138 cm³/mol. The topological polar surface area (TPSA) is 97.4 Å². The number of hydrogen-bond donors (Lipinski definition) is 2. The number of nitrogens with zero attached hydrogens (tertiary/aromatic N) is 5. The first kappa shape index (κ1) is 29.2. The SMILES string of the molecule is CNC(C)C(/C=C\Cn1ncc(-c2ccc(C#N)c(F)c2C)c1O)C(=O)N1CCC[C@@H](N(C)CC(F)F)C1. The van der Waals surface area contributed by atoms with Crippen LogP contribution < -0.4 is 5.32 Å². The lowest BCUT2D eigenvalue weighted by molar-refractivity contribution is -0.136. The molecule has 2 heterocycles. The van der Waals surface area contributed by atoms with E-state index < -0.39 is 18.2 Å². The summed E-state index contributed by atoms with van der Waals surface area (Å²) in [4.78, 5) is 16.8.